The molecule has 0 aromatic carbocycles. The Morgan fingerprint density at radius 3 is 2.67 bits per heavy atom. The molecular formula is C15H20N4O2. The number of nitrogens with zero attached hydrogens (tertiary/aromatic N) is 3. The standard InChI is InChI=1S/C15H20N4O2/c1-11-14(12(2)17-16-11)15(20)19-7-5-18(6-8-19)10-13-4-3-9-21-13/h3-4,9H,5-8,10H2,1-2H3,(H,16,17). The fourth-order valence-corrected chi connectivity index (χ4v) is 2.76. The highest BCUT2D eigenvalue weighted by Gasteiger charge is 2.25. The third-order valence-electron chi connectivity index (χ3n) is 3.96. The molecule has 6 nitrogen and oxygen atoms in total. The number of rotatable bonds is 3. The van der Waals surface area contributed by atoms with Gasteiger partial charge in [-0.2, -0.15) is 5.10 Å². The first-order valence-corrected chi connectivity index (χ1v) is 7.20. The van der Waals surface area contributed by atoms with E-state index in [9.17, 15) is 4.79 Å². The largest absolute Gasteiger partial charge is 0.468 e. The Hall–Kier alpha value is -2.08. The van der Waals surface area contributed by atoms with Gasteiger partial charge < -0.3 is 9.32 Å². The molecule has 6 heteroatoms. The summed E-state index contributed by atoms with van der Waals surface area (Å²) in [5.41, 5.74) is 2.33. The van der Waals surface area contributed by atoms with E-state index >= 15 is 0 Å². The van der Waals surface area contributed by atoms with Crippen molar-refractivity contribution in [2.24, 2.45) is 0 Å². The van der Waals surface area contributed by atoms with Crippen LogP contribution in [0.25, 0.3) is 0 Å². The number of amides is 1. The summed E-state index contributed by atoms with van der Waals surface area (Å²) in [7, 11) is 0. The summed E-state index contributed by atoms with van der Waals surface area (Å²) in [4.78, 5) is 16.8. The van der Waals surface area contributed by atoms with Gasteiger partial charge in [-0.25, -0.2) is 0 Å². The molecule has 1 fully saturated rings. The Morgan fingerprint density at radius 1 is 1.33 bits per heavy atom. The summed E-state index contributed by atoms with van der Waals surface area (Å²) in [5, 5.41) is 6.98. The first kappa shape index (κ1) is 13.9. The SMILES string of the molecule is Cc1n[nH]c(C)c1C(=O)N1CCN(Cc2ccco2)CC1. The third-order valence-corrected chi connectivity index (χ3v) is 3.96. The molecule has 1 saturated heterocycles. The first-order valence-electron chi connectivity index (χ1n) is 7.20. The zero-order valence-electron chi connectivity index (χ0n) is 12.4. The van der Waals surface area contributed by atoms with Crippen molar-refractivity contribution < 1.29 is 9.21 Å². The molecule has 1 N–H and O–H groups in total. The van der Waals surface area contributed by atoms with Crippen molar-refractivity contribution in [1.29, 1.82) is 0 Å². The molecule has 0 atom stereocenters. The molecule has 0 radical (unpaired) electrons. The Bertz CT molecular complexity index is 590. The van der Waals surface area contributed by atoms with E-state index in [1.54, 1.807) is 6.26 Å². The van der Waals surface area contributed by atoms with Crippen molar-refractivity contribution in [2.75, 3.05) is 26.2 Å². The van der Waals surface area contributed by atoms with Crippen LogP contribution < -0.4 is 0 Å². The third kappa shape index (κ3) is 2.85. The summed E-state index contributed by atoms with van der Waals surface area (Å²) in [6.45, 7) is 7.76. The van der Waals surface area contributed by atoms with Crippen LogP contribution in [0.2, 0.25) is 0 Å². The van der Waals surface area contributed by atoms with Crippen LogP contribution >= 0.6 is 0 Å². The van der Waals surface area contributed by atoms with E-state index in [1.807, 2.05) is 30.9 Å². The lowest BCUT2D eigenvalue weighted by Gasteiger charge is -2.34. The molecule has 2 aromatic rings. The van der Waals surface area contributed by atoms with Crippen molar-refractivity contribution in [2.45, 2.75) is 20.4 Å². The van der Waals surface area contributed by atoms with Gasteiger partial charge in [-0.1, -0.05) is 0 Å². The summed E-state index contributed by atoms with van der Waals surface area (Å²) in [6.07, 6.45) is 1.69. The number of hydrogen-bond donors (Lipinski definition) is 1. The molecule has 1 amide bonds. The van der Waals surface area contributed by atoms with Crippen LogP contribution in [0, 0.1) is 13.8 Å². The van der Waals surface area contributed by atoms with Crippen LogP contribution in [0.5, 0.6) is 0 Å². The molecular weight excluding hydrogens is 268 g/mol. The van der Waals surface area contributed by atoms with Crippen molar-refractivity contribution in [3.63, 3.8) is 0 Å². The molecule has 0 bridgehead atoms. The number of carbonyl (C=O) groups excluding carboxylic acids is 1. The summed E-state index contributed by atoms with van der Waals surface area (Å²) in [6, 6.07) is 3.88. The van der Waals surface area contributed by atoms with Crippen LogP contribution in [0.3, 0.4) is 0 Å². The predicted molar refractivity (Wildman–Crippen MR) is 78.0 cm³/mol. The number of carbonyl (C=O) groups is 1. The summed E-state index contributed by atoms with van der Waals surface area (Å²) >= 11 is 0. The van der Waals surface area contributed by atoms with E-state index in [2.05, 4.69) is 15.1 Å². The molecule has 0 spiro atoms. The molecule has 112 valence electrons. The predicted octanol–water partition coefficient (Wildman–Crippen LogP) is 1.58. The zero-order chi connectivity index (χ0) is 14.8. The topological polar surface area (TPSA) is 65.4 Å². The number of aromatic nitrogens is 2. The average Bonchev–Trinajstić information content (AvgIpc) is 3.09. The molecule has 0 aliphatic carbocycles. The lowest BCUT2D eigenvalue weighted by Crippen LogP contribution is -2.48. The number of furan rings is 1. The fourth-order valence-electron chi connectivity index (χ4n) is 2.76. The second-order valence-corrected chi connectivity index (χ2v) is 5.46. The quantitative estimate of drug-likeness (QED) is 0.931. The highest BCUT2D eigenvalue weighted by molar-refractivity contribution is 5.96. The summed E-state index contributed by atoms with van der Waals surface area (Å²) in [5.74, 6) is 1.05. The second-order valence-electron chi connectivity index (χ2n) is 5.46. The van der Waals surface area contributed by atoms with Crippen molar-refractivity contribution in [1.82, 2.24) is 20.0 Å². The van der Waals surface area contributed by atoms with Gasteiger partial charge in [0.1, 0.15) is 5.76 Å². The maximum absolute atomic E-state index is 12.6. The maximum Gasteiger partial charge on any atom is 0.257 e. The van der Waals surface area contributed by atoms with Crippen molar-refractivity contribution >= 4 is 5.91 Å². The van der Waals surface area contributed by atoms with Crippen molar-refractivity contribution in [3.8, 4) is 0 Å². The van der Waals surface area contributed by atoms with E-state index in [0.29, 0.717) is 0 Å². The van der Waals surface area contributed by atoms with E-state index in [-0.39, 0.29) is 5.91 Å². The van der Waals surface area contributed by atoms with Gasteiger partial charge in [0.25, 0.3) is 5.91 Å². The lowest BCUT2D eigenvalue weighted by atomic mass is 10.1. The molecule has 1 aliphatic rings. The van der Waals surface area contributed by atoms with Crippen LogP contribution in [-0.4, -0.2) is 52.1 Å². The normalized spacial score (nSPS) is 16.4. The minimum absolute atomic E-state index is 0.0800. The van der Waals surface area contributed by atoms with Gasteiger partial charge in [0.15, 0.2) is 0 Å². The number of piperazine rings is 1. The Balaban J connectivity index is 1.59. The molecule has 1 aliphatic heterocycles. The molecule has 3 heterocycles. The zero-order valence-corrected chi connectivity index (χ0v) is 12.4. The lowest BCUT2D eigenvalue weighted by molar-refractivity contribution is 0.0619. The number of H-pyrrole nitrogens is 1. The number of nitrogens with one attached hydrogen (secondary N) is 1. The smallest absolute Gasteiger partial charge is 0.257 e. The highest BCUT2D eigenvalue weighted by atomic mass is 16.3. The van der Waals surface area contributed by atoms with Gasteiger partial charge in [0.05, 0.1) is 24.1 Å². The first-order chi connectivity index (χ1) is 10.1. The fraction of sp³-hybridized carbons (Fsp3) is 0.467. The Labute approximate surface area is 123 Å². The molecule has 2 aromatic heterocycles. The number of aryl methyl sites for hydroxylation is 2. The van der Waals surface area contributed by atoms with Crippen LogP contribution in [0.15, 0.2) is 22.8 Å². The number of aromatic amines is 1. The van der Waals surface area contributed by atoms with Gasteiger partial charge in [-0.05, 0) is 26.0 Å². The van der Waals surface area contributed by atoms with Crippen LogP contribution in [-0.2, 0) is 6.54 Å². The molecule has 0 unspecified atom stereocenters. The minimum atomic E-state index is 0.0800. The summed E-state index contributed by atoms with van der Waals surface area (Å²) < 4.78 is 5.37. The van der Waals surface area contributed by atoms with Crippen LogP contribution in [0.4, 0.5) is 0 Å². The average molecular weight is 288 g/mol. The minimum Gasteiger partial charge on any atom is -0.468 e. The maximum atomic E-state index is 12.6. The highest BCUT2D eigenvalue weighted by Crippen LogP contribution is 2.15. The number of hydrogen-bond acceptors (Lipinski definition) is 4. The Kier molecular flexibility index (Phi) is 3.79. The van der Waals surface area contributed by atoms with Gasteiger partial charge >= 0.3 is 0 Å². The Morgan fingerprint density at radius 2 is 2.10 bits per heavy atom. The van der Waals surface area contributed by atoms with E-state index < -0.39 is 0 Å². The van der Waals surface area contributed by atoms with E-state index in [4.69, 9.17) is 4.42 Å². The molecule has 0 saturated carbocycles. The van der Waals surface area contributed by atoms with E-state index in [0.717, 1.165) is 55.4 Å². The second kappa shape index (κ2) is 5.73. The molecule has 3 rings (SSSR count). The van der Waals surface area contributed by atoms with Gasteiger partial charge in [0.2, 0.25) is 0 Å². The van der Waals surface area contributed by atoms with E-state index in [1.165, 1.54) is 0 Å². The van der Waals surface area contributed by atoms with Gasteiger partial charge in [-0.3, -0.25) is 14.8 Å². The van der Waals surface area contributed by atoms with Crippen LogP contribution in [0.1, 0.15) is 27.5 Å². The van der Waals surface area contributed by atoms with Crippen molar-refractivity contribution in [3.05, 3.63) is 41.1 Å². The molecule has 21 heavy (non-hydrogen) atoms. The van der Waals surface area contributed by atoms with Gasteiger partial charge in [-0.15, -0.1) is 0 Å². The van der Waals surface area contributed by atoms with Gasteiger partial charge in [0, 0.05) is 31.9 Å². The monoisotopic (exact) mass is 288 g/mol.